The minimum atomic E-state index is 0.619. The second-order valence-corrected chi connectivity index (χ2v) is 2.74. The third kappa shape index (κ3) is 2.57. The lowest BCUT2D eigenvalue weighted by molar-refractivity contribution is -0.0249. The highest BCUT2D eigenvalue weighted by Gasteiger charge is 2.17. The molecule has 0 aliphatic carbocycles. The van der Waals surface area contributed by atoms with Crippen LogP contribution in [0.15, 0.2) is 12.7 Å². The highest BCUT2D eigenvalue weighted by atomic mass is 15.6. The van der Waals surface area contributed by atoms with Gasteiger partial charge in [-0.1, -0.05) is 6.08 Å². The molecule has 64 valence electrons. The van der Waals surface area contributed by atoms with Crippen molar-refractivity contribution in [3.8, 4) is 0 Å². The van der Waals surface area contributed by atoms with Gasteiger partial charge in [0.05, 0.1) is 20.0 Å². The summed E-state index contributed by atoms with van der Waals surface area (Å²) in [4.78, 5) is 2.09. The Hall–Kier alpha value is -0.460. The average Bonchev–Trinajstić information content (AvgIpc) is 1.85. The van der Waals surface area contributed by atoms with Crippen LogP contribution in [0, 0.1) is 0 Å². The molecule has 0 atom stereocenters. The topological polar surface area (TPSA) is 61.8 Å². The Morgan fingerprint density at radius 2 is 1.73 bits per heavy atom. The first-order chi connectivity index (χ1) is 5.22. The van der Waals surface area contributed by atoms with Crippen LogP contribution in [0.3, 0.4) is 0 Å². The van der Waals surface area contributed by atoms with Crippen molar-refractivity contribution < 1.29 is 0 Å². The molecule has 1 fully saturated rings. The maximum atomic E-state index is 5.58. The summed E-state index contributed by atoms with van der Waals surface area (Å²) in [6.45, 7) is 6.58. The molecule has 1 saturated heterocycles. The predicted octanol–water partition coefficient (Wildman–Crippen LogP) is -1.29. The Morgan fingerprint density at radius 3 is 2.18 bits per heavy atom. The van der Waals surface area contributed by atoms with Gasteiger partial charge in [0.1, 0.15) is 0 Å². The molecule has 1 aliphatic heterocycles. The van der Waals surface area contributed by atoms with E-state index < -0.39 is 0 Å². The zero-order valence-electron chi connectivity index (χ0n) is 6.61. The van der Waals surface area contributed by atoms with Gasteiger partial charge in [-0.25, -0.2) is 10.0 Å². The van der Waals surface area contributed by atoms with E-state index in [-0.39, 0.29) is 0 Å². The van der Waals surface area contributed by atoms with Crippen molar-refractivity contribution in [2.24, 2.45) is 11.7 Å². The lowest BCUT2D eigenvalue weighted by Gasteiger charge is -2.37. The maximum absolute atomic E-state index is 5.58. The summed E-state index contributed by atoms with van der Waals surface area (Å²) in [6.07, 6.45) is 1.84. The van der Waals surface area contributed by atoms with Crippen molar-refractivity contribution in [3.05, 3.63) is 12.7 Å². The van der Waals surface area contributed by atoms with E-state index in [0.29, 0.717) is 6.67 Å². The van der Waals surface area contributed by atoms with E-state index in [1.807, 2.05) is 6.08 Å². The van der Waals surface area contributed by atoms with Crippen LogP contribution in [0.4, 0.5) is 0 Å². The molecule has 0 unspecified atom stereocenters. The summed E-state index contributed by atoms with van der Waals surface area (Å²) in [5.74, 6) is 11.2. The van der Waals surface area contributed by atoms with E-state index >= 15 is 0 Å². The molecular weight excluding hydrogens is 142 g/mol. The molecule has 4 N–H and O–H groups in total. The van der Waals surface area contributed by atoms with Crippen LogP contribution in [0.1, 0.15) is 0 Å². The van der Waals surface area contributed by atoms with Gasteiger partial charge in [0, 0.05) is 6.54 Å². The molecular formula is C6H15N5. The molecule has 5 nitrogen and oxygen atoms in total. The molecule has 11 heavy (non-hydrogen) atoms. The Bertz CT molecular complexity index is 127. The SMILES string of the molecule is C=CCN1CN(N)CN(N)C1. The van der Waals surface area contributed by atoms with E-state index in [9.17, 15) is 0 Å². The van der Waals surface area contributed by atoms with Gasteiger partial charge in [0.15, 0.2) is 0 Å². The van der Waals surface area contributed by atoms with Crippen LogP contribution in [0.2, 0.25) is 0 Å². The van der Waals surface area contributed by atoms with Crippen molar-refractivity contribution in [1.29, 1.82) is 0 Å². The van der Waals surface area contributed by atoms with Crippen LogP contribution >= 0.6 is 0 Å². The summed E-state index contributed by atoms with van der Waals surface area (Å²) in [6, 6.07) is 0. The summed E-state index contributed by atoms with van der Waals surface area (Å²) in [7, 11) is 0. The van der Waals surface area contributed by atoms with Crippen LogP contribution in [0.5, 0.6) is 0 Å². The van der Waals surface area contributed by atoms with Crippen LogP contribution < -0.4 is 11.7 Å². The number of rotatable bonds is 2. The molecule has 1 heterocycles. The van der Waals surface area contributed by atoms with Crippen molar-refractivity contribution in [2.45, 2.75) is 0 Å². The van der Waals surface area contributed by atoms with Gasteiger partial charge in [-0.05, 0) is 0 Å². The van der Waals surface area contributed by atoms with E-state index in [1.165, 1.54) is 0 Å². The fourth-order valence-electron chi connectivity index (χ4n) is 1.18. The molecule has 0 saturated carbocycles. The molecule has 0 aromatic rings. The summed E-state index contributed by atoms with van der Waals surface area (Å²) in [5, 5.41) is 3.32. The molecule has 0 bridgehead atoms. The summed E-state index contributed by atoms with van der Waals surface area (Å²) < 4.78 is 0. The quantitative estimate of drug-likeness (QED) is 0.386. The predicted molar refractivity (Wildman–Crippen MR) is 43.6 cm³/mol. The summed E-state index contributed by atoms with van der Waals surface area (Å²) >= 11 is 0. The number of hydrogen-bond acceptors (Lipinski definition) is 5. The third-order valence-electron chi connectivity index (χ3n) is 1.51. The third-order valence-corrected chi connectivity index (χ3v) is 1.51. The highest BCUT2D eigenvalue weighted by Crippen LogP contribution is 1.98. The second-order valence-electron chi connectivity index (χ2n) is 2.74. The maximum Gasteiger partial charge on any atom is 0.0806 e. The van der Waals surface area contributed by atoms with Crippen LogP contribution in [-0.4, -0.2) is 41.5 Å². The van der Waals surface area contributed by atoms with E-state index in [0.717, 1.165) is 19.9 Å². The zero-order chi connectivity index (χ0) is 8.27. The van der Waals surface area contributed by atoms with Gasteiger partial charge in [-0.3, -0.25) is 16.6 Å². The Kier molecular flexibility index (Phi) is 2.98. The van der Waals surface area contributed by atoms with E-state index in [2.05, 4.69) is 11.5 Å². The number of nitrogens with two attached hydrogens (primary N) is 2. The molecule has 1 rings (SSSR count). The number of hydrazine groups is 2. The fraction of sp³-hybridized carbons (Fsp3) is 0.667. The van der Waals surface area contributed by atoms with Crippen molar-refractivity contribution >= 4 is 0 Å². The lowest BCUT2D eigenvalue weighted by atomic mass is 10.5. The molecule has 0 aromatic heterocycles. The van der Waals surface area contributed by atoms with Gasteiger partial charge in [0.25, 0.3) is 0 Å². The van der Waals surface area contributed by atoms with Crippen molar-refractivity contribution in [2.75, 3.05) is 26.6 Å². The van der Waals surface area contributed by atoms with E-state index in [4.69, 9.17) is 11.7 Å². The zero-order valence-corrected chi connectivity index (χ0v) is 6.61. The minimum Gasteiger partial charge on any atom is -0.271 e. The molecule has 5 heteroatoms. The smallest absolute Gasteiger partial charge is 0.0806 e. The average molecular weight is 157 g/mol. The minimum absolute atomic E-state index is 0.619. The second kappa shape index (κ2) is 3.80. The number of hydrogen-bond donors (Lipinski definition) is 2. The summed E-state index contributed by atoms with van der Waals surface area (Å²) in [5.41, 5.74) is 0. The van der Waals surface area contributed by atoms with E-state index in [1.54, 1.807) is 10.0 Å². The van der Waals surface area contributed by atoms with Gasteiger partial charge < -0.3 is 0 Å². The highest BCUT2D eigenvalue weighted by molar-refractivity contribution is 4.74. The number of nitrogens with zero attached hydrogens (tertiary/aromatic N) is 3. The molecule has 0 radical (unpaired) electrons. The first-order valence-corrected chi connectivity index (χ1v) is 3.55. The van der Waals surface area contributed by atoms with Crippen LogP contribution in [0.25, 0.3) is 0 Å². The van der Waals surface area contributed by atoms with Crippen LogP contribution in [-0.2, 0) is 0 Å². The fourth-order valence-corrected chi connectivity index (χ4v) is 1.18. The van der Waals surface area contributed by atoms with Crippen molar-refractivity contribution in [1.82, 2.24) is 14.9 Å². The van der Waals surface area contributed by atoms with Gasteiger partial charge in [0.2, 0.25) is 0 Å². The van der Waals surface area contributed by atoms with Crippen molar-refractivity contribution in [3.63, 3.8) is 0 Å². The monoisotopic (exact) mass is 157 g/mol. The molecule has 1 aliphatic rings. The first kappa shape index (κ1) is 8.63. The largest absolute Gasteiger partial charge is 0.271 e. The Balaban J connectivity index is 2.36. The standard InChI is InChI=1S/C6H15N5/c1-2-3-9-4-10(7)6-11(8)5-9/h2H,1,3-8H2. The molecule has 0 amide bonds. The van der Waals surface area contributed by atoms with Gasteiger partial charge in [-0.2, -0.15) is 0 Å². The van der Waals surface area contributed by atoms with Gasteiger partial charge >= 0.3 is 0 Å². The Morgan fingerprint density at radius 1 is 1.18 bits per heavy atom. The van der Waals surface area contributed by atoms with Gasteiger partial charge in [-0.15, -0.1) is 6.58 Å². The Labute approximate surface area is 66.8 Å². The normalized spacial score (nSPS) is 23.8. The molecule has 0 aromatic carbocycles. The molecule has 0 spiro atoms. The first-order valence-electron chi connectivity index (χ1n) is 3.55. The lowest BCUT2D eigenvalue weighted by Crippen LogP contribution is -2.59.